The van der Waals surface area contributed by atoms with Crippen molar-refractivity contribution >= 4 is 16.9 Å². The fourth-order valence-electron chi connectivity index (χ4n) is 3.71. The summed E-state index contributed by atoms with van der Waals surface area (Å²) in [6, 6.07) is 8.19. The Hall–Kier alpha value is -3.55. The number of amides is 1. The van der Waals surface area contributed by atoms with Gasteiger partial charge >= 0.3 is 0 Å². The highest BCUT2D eigenvalue weighted by atomic mass is 19.1. The summed E-state index contributed by atoms with van der Waals surface area (Å²) in [5, 5.41) is 12.7. The first-order chi connectivity index (χ1) is 14.3. The van der Waals surface area contributed by atoms with Crippen LogP contribution in [0.25, 0.3) is 22.2 Å². The average molecular weight is 406 g/mol. The van der Waals surface area contributed by atoms with E-state index in [1.54, 1.807) is 23.0 Å². The summed E-state index contributed by atoms with van der Waals surface area (Å²) in [5.74, 6) is -0.441. The van der Waals surface area contributed by atoms with Gasteiger partial charge in [-0.25, -0.2) is 14.1 Å². The summed E-state index contributed by atoms with van der Waals surface area (Å²) >= 11 is 0. The molecule has 0 fully saturated rings. The Labute approximate surface area is 173 Å². The van der Waals surface area contributed by atoms with Crippen LogP contribution in [0, 0.1) is 26.6 Å². The van der Waals surface area contributed by atoms with Crippen molar-refractivity contribution in [1.82, 2.24) is 29.9 Å². The van der Waals surface area contributed by atoms with Gasteiger partial charge in [0.15, 0.2) is 5.65 Å². The van der Waals surface area contributed by atoms with Gasteiger partial charge in [-0.2, -0.15) is 10.2 Å². The van der Waals surface area contributed by atoms with Crippen LogP contribution in [-0.4, -0.2) is 30.5 Å². The number of rotatable bonds is 5. The minimum atomic E-state index is -0.285. The molecule has 0 aliphatic rings. The highest BCUT2D eigenvalue weighted by Crippen LogP contribution is 2.29. The molecule has 30 heavy (non-hydrogen) atoms. The van der Waals surface area contributed by atoms with Crippen LogP contribution in [0.3, 0.4) is 0 Å². The third-order valence-corrected chi connectivity index (χ3v) is 5.38. The molecule has 0 saturated carbocycles. The summed E-state index contributed by atoms with van der Waals surface area (Å²) < 4.78 is 16.7. The van der Waals surface area contributed by atoms with E-state index in [9.17, 15) is 9.18 Å². The van der Waals surface area contributed by atoms with Gasteiger partial charge < -0.3 is 5.32 Å². The molecule has 4 rings (SSSR count). The second kappa shape index (κ2) is 7.70. The van der Waals surface area contributed by atoms with Gasteiger partial charge in [-0.3, -0.25) is 9.48 Å². The molecule has 0 atom stereocenters. The molecule has 0 spiro atoms. The molecule has 1 aromatic carbocycles. The Balaban J connectivity index is 1.58. The van der Waals surface area contributed by atoms with Gasteiger partial charge in [-0.05, 0) is 50.1 Å². The van der Waals surface area contributed by atoms with E-state index >= 15 is 0 Å². The maximum absolute atomic E-state index is 13.3. The maximum atomic E-state index is 13.3. The number of aryl methyl sites for hydroxylation is 3. The minimum Gasteiger partial charge on any atom is -0.350 e. The summed E-state index contributed by atoms with van der Waals surface area (Å²) in [6.45, 7) is 6.26. The van der Waals surface area contributed by atoms with E-state index in [0.717, 1.165) is 39.2 Å². The minimum absolute atomic E-state index is 0.0581. The zero-order valence-electron chi connectivity index (χ0n) is 17.4. The molecule has 8 heteroatoms. The van der Waals surface area contributed by atoms with Crippen molar-refractivity contribution in [1.29, 1.82) is 0 Å². The highest BCUT2D eigenvalue weighted by molar-refractivity contribution is 5.95. The van der Waals surface area contributed by atoms with Crippen molar-refractivity contribution in [2.45, 2.75) is 33.9 Å². The molecular formula is C22H23FN6O. The lowest BCUT2D eigenvalue weighted by atomic mass is 10.0. The van der Waals surface area contributed by atoms with Gasteiger partial charge in [0.2, 0.25) is 5.91 Å². The zero-order chi connectivity index (χ0) is 21.4. The second-order valence-corrected chi connectivity index (χ2v) is 7.36. The maximum Gasteiger partial charge on any atom is 0.242 e. The number of carbonyl (C=O) groups is 1. The van der Waals surface area contributed by atoms with E-state index in [1.807, 2.05) is 38.6 Å². The Bertz CT molecular complexity index is 1240. The van der Waals surface area contributed by atoms with Crippen molar-refractivity contribution in [3.05, 3.63) is 65.0 Å². The number of fused-ring (bicyclic) bond motifs is 1. The Kier molecular flexibility index (Phi) is 5.07. The van der Waals surface area contributed by atoms with Crippen molar-refractivity contribution in [2.75, 3.05) is 0 Å². The van der Waals surface area contributed by atoms with Crippen LogP contribution in [0.4, 0.5) is 4.39 Å². The number of nitrogens with one attached hydrogen (secondary N) is 1. The van der Waals surface area contributed by atoms with Crippen LogP contribution in [0.2, 0.25) is 0 Å². The molecule has 154 valence electrons. The number of pyridine rings is 1. The Morgan fingerprint density at radius 2 is 1.80 bits per heavy atom. The van der Waals surface area contributed by atoms with Crippen LogP contribution >= 0.6 is 0 Å². The predicted molar refractivity (Wildman–Crippen MR) is 112 cm³/mol. The number of halogens is 1. The molecule has 0 aliphatic carbocycles. The van der Waals surface area contributed by atoms with Gasteiger partial charge in [-0.15, -0.1) is 0 Å². The van der Waals surface area contributed by atoms with Gasteiger partial charge in [0.1, 0.15) is 12.4 Å². The molecule has 0 bridgehead atoms. The number of nitrogens with zero attached hydrogens (tertiary/aromatic N) is 5. The van der Waals surface area contributed by atoms with E-state index in [1.165, 1.54) is 12.1 Å². The summed E-state index contributed by atoms with van der Waals surface area (Å²) in [6.07, 6.45) is 1.68. The highest BCUT2D eigenvalue weighted by Gasteiger charge is 2.17. The standard InChI is InChI=1S/C22H23FN6O/c1-13-19(15(3)28(4)26-13)11-25-20(30)12-29-22-21(14(2)27-29)18(9-10-24-22)16-5-7-17(23)8-6-16/h5-10H,11-12H2,1-4H3,(H,25,30). The molecule has 0 unspecified atom stereocenters. The molecule has 0 radical (unpaired) electrons. The van der Waals surface area contributed by atoms with E-state index in [0.29, 0.717) is 12.2 Å². The van der Waals surface area contributed by atoms with Gasteiger partial charge in [0.05, 0.1) is 11.4 Å². The Morgan fingerprint density at radius 1 is 1.07 bits per heavy atom. The van der Waals surface area contributed by atoms with Crippen molar-refractivity contribution < 1.29 is 9.18 Å². The summed E-state index contributed by atoms with van der Waals surface area (Å²) in [4.78, 5) is 17.0. The SMILES string of the molecule is Cc1nn(C)c(C)c1CNC(=O)Cn1nc(C)c2c(-c3ccc(F)cc3)ccnc21. The predicted octanol–water partition coefficient (Wildman–Crippen LogP) is 3.21. The fraction of sp³-hybridized carbons (Fsp3) is 0.273. The monoisotopic (exact) mass is 406 g/mol. The molecule has 4 aromatic rings. The second-order valence-electron chi connectivity index (χ2n) is 7.36. The molecule has 7 nitrogen and oxygen atoms in total. The third-order valence-electron chi connectivity index (χ3n) is 5.38. The number of aromatic nitrogens is 5. The smallest absolute Gasteiger partial charge is 0.242 e. The van der Waals surface area contributed by atoms with E-state index in [4.69, 9.17) is 0 Å². The number of benzene rings is 1. The molecule has 1 amide bonds. The van der Waals surface area contributed by atoms with Crippen LogP contribution < -0.4 is 5.32 Å². The number of carbonyl (C=O) groups excluding carboxylic acids is 1. The van der Waals surface area contributed by atoms with Crippen molar-refractivity contribution in [3.63, 3.8) is 0 Å². The first-order valence-electron chi connectivity index (χ1n) is 9.69. The van der Waals surface area contributed by atoms with E-state index in [-0.39, 0.29) is 18.3 Å². The van der Waals surface area contributed by atoms with Crippen molar-refractivity contribution in [2.24, 2.45) is 7.05 Å². The van der Waals surface area contributed by atoms with Gasteiger partial charge in [0, 0.05) is 36.4 Å². The topological polar surface area (TPSA) is 77.6 Å². The first-order valence-corrected chi connectivity index (χ1v) is 9.69. The summed E-state index contributed by atoms with van der Waals surface area (Å²) in [7, 11) is 1.89. The van der Waals surface area contributed by atoms with Gasteiger partial charge in [-0.1, -0.05) is 12.1 Å². The molecule has 3 heterocycles. The molecule has 0 saturated heterocycles. The first kappa shape index (κ1) is 19.8. The fourth-order valence-corrected chi connectivity index (χ4v) is 3.71. The molecule has 3 aromatic heterocycles. The van der Waals surface area contributed by atoms with Crippen molar-refractivity contribution in [3.8, 4) is 11.1 Å². The number of hydrogen-bond acceptors (Lipinski definition) is 4. The normalized spacial score (nSPS) is 11.2. The summed E-state index contributed by atoms with van der Waals surface area (Å²) in [5.41, 5.74) is 6.12. The van der Waals surface area contributed by atoms with Crippen LogP contribution in [0.5, 0.6) is 0 Å². The largest absolute Gasteiger partial charge is 0.350 e. The Morgan fingerprint density at radius 3 is 2.47 bits per heavy atom. The van der Waals surface area contributed by atoms with E-state index in [2.05, 4.69) is 20.5 Å². The molecule has 0 aliphatic heterocycles. The average Bonchev–Trinajstić information content (AvgIpc) is 3.16. The quantitative estimate of drug-likeness (QED) is 0.552. The van der Waals surface area contributed by atoms with Crippen LogP contribution in [0.15, 0.2) is 36.5 Å². The lowest BCUT2D eigenvalue weighted by Crippen LogP contribution is -2.28. The number of hydrogen-bond donors (Lipinski definition) is 1. The lowest BCUT2D eigenvalue weighted by molar-refractivity contribution is -0.121. The zero-order valence-corrected chi connectivity index (χ0v) is 17.4. The molecule has 1 N–H and O–H groups in total. The lowest BCUT2D eigenvalue weighted by Gasteiger charge is -2.07. The third kappa shape index (κ3) is 3.56. The van der Waals surface area contributed by atoms with Crippen LogP contribution in [-0.2, 0) is 24.9 Å². The van der Waals surface area contributed by atoms with E-state index < -0.39 is 0 Å². The molecular weight excluding hydrogens is 383 g/mol. The van der Waals surface area contributed by atoms with Crippen LogP contribution in [0.1, 0.15) is 22.6 Å². The van der Waals surface area contributed by atoms with Gasteiger partial charge in [0.25, 0.3) is 0 Å².